The van der Waals surface area contributed by atoms with E-state index in [1.54, 1.807) is 12.3 Å². The third-order valence-electron chi connectivity index (χ3n) is 3.31. The van der Waals surface area contributed by atoms with E-state index in [9.17, 15) is 0 Å². The van der Waals surface area contributed by atoms with E-state index in [0.717, 1.165) is 27.6 Å². The van der Waals surface area contributed by atoms with Gasteiger partial charge in [-0.2, -0.15) is 0 Å². The van der Waals surface area contributed by atoms with Crippen LogP contribution in [0.5, 0.6) is 0 Å². The van der Waals surface area contributed by atoms with E-state index in [-0.39, 0.29) is 0 Å². The van der Waals surface area contributed by atoms with Crippen molar-refractivity contribution in [3.63, 3.8) is 0 Å². The fraction of sp³-hybridized carbons (Fsp3) is 0.0714. The highest BCUT2D eigenvalue weighted by atomic mass is 35.5. The van der Waals surface area contributed by atoms with Gasteiger partial charge >= 0.3 is 0 Å². The molecule has 0 atom stereocenters. The van der Waals surface area contributed by atoms with Crippen molar-refractivity contribution in [2.75, 3.05) is 0 Å². The summed E-state index contributed by atoms with van der Waals surface area (Å²) in [4.78, 5) is 13.5. The predicted molar refractivity (Wildman–Crippen MR) is 76.3 cm³/mol. The van der Waals surface area contributed by atoms with Crippen molar-refractivity contribution in [2.24, 2.45) is 7.05 Å². The lowest BCUT2D eigenvalue weighted by Gasteiger charge is -1.99. The Balaban J connectivity index is 2.28. The second-order valence-corrected chi connectivity index (χ2v) is 4.90. The molecule has 0 unspecified atom stereocenters. The molecule has 0 amide bonds. The normalized spacial score (nSPS) is 11.7. The minimum Gasteiger partial charge on any atom is -0.327 e. The van der Waals surface area contributed by atoms with Gasteiger partial charge in [0.05, 0.1) is 10.5 Å². The quantitative estimate of drug-likeness (QED) is 0.491. The monoisotopic (exact) mass is 268 g/mol. The summed E-state index contributed by atoms with van der Waals surface area (Å²) in [5.41, 5.74) is 4.16. The molecule has 0 aliphatic heterocycles. The predicted octanol–water partition coefficient (Wildman–Crippen LogP) is 3.32. The molecule has 0 radical (unpaired) electrons. The van der Waals surface area contributed by atoms with Crippen LogP contribution >= 0.6 is 11.6 Å². The smallest absolute Gasteiger partial charge is 0.180 e. The fourth-order valence-corrected chi connectivity index (χ4v) is 2.56. The van der Waals surface area contributed by atoms with Crippen molar-refractivity contribution in [1.82, 2.24) is 19.5 Å². The first-order chi connectivity index (χ1) is 9.24. The highest BCUT2D eigenvalue weighted by Crippen LogP contribution is 2.26. The number of aromatic nitrogens is 4. The number of rotatable bonds is 0. The van der Waals surface area contributed by atoms with Gasteiger partial charge in [-0.1, -0.05) is 29.8 Å². The van der Waals surface area contributed by atoms with Gasteiger partial charge < -0.3 is 4.57 Å². The first-order valence-electron chi connectivity index (χ1n) is 5.90. The van der Waals surface area contributed by atoms with Crippen LogP contribution in [0.4, 0.5) is 0 Å². The number of benzene rings is 1. The molecule has 0 N–H and O–H groups in total. The molecular weight excluding hydrogens is 260 g/mol. The van der Waals surface area contributed by atoms with Crippen molar-refractivity contribution >= 4 is 44.8 Å². The number of fused-ring (bicyclic) bond motifs is 4. The molecule has 4 nitrogen and oxygen atoms in total. The molecule has 0 spiro atoms. The second-order valence-electron chi connectivity index (χ2n) is 4.47. The third kappa shape index (κ3) is 1.43. The van der Waals surface area contributed by atoms with Crippen LogP contribution < -0.4 is 0 Å². The minimum absolute atomic E-state index is 0.571. The van der Waals surface area contributed by atoms with E-state index in [0.29, 0.717) is 10.7 Å². The average Bonchev–Trinajstić information content (AvgIpc) is 2.70. The summed E-state index contributed by atoms with van der Waals surface area (Å²) in [6.45, 7) is 0. The highest BCUT2D eigenvalue weighted by molar-refractivity contribution is 6.31. The van der Waals surface area contributed by atoms with E-state index >= 15 is 0 Å². The van der Waals surface area contributed by atoms with Gasteiger partial charge in [-0.15, -0.1) is 0 Å². The first-order valence-corrected chi connectivity index (χ1v) is 6.28. The van der Waals surface area contributed by atoms with Crippen LogP contribution in [-0.2, 0) is 7.05 Å². The lowest BCUT2D eigenvalue weighted by atomic mass is 10.2. The van der Waals surface area contributed by atoms with Crippen molar-refractivity contribution < 1.29 is 0 Å². The molecule has 3 heterocycles. The van der Waals surface area contributed by atoms with Gasteiger partial charge in [0.1, 0.15) is 11.0 Å². The number of hydrogen-bond donors (Lipinski definition) is 0. The van der Waals surface area contributed by atoms with Crippen molar-refractivity contribution in [3.8, 4) is 0 Å². The number of pyridine rings is 1. The zero-order valence-electron chi connectivity index (χ0n) is 10.1. The van der Waals surface area contributed by atoms with Gasteiger partial charge in [0.15, 0.2) is 11.3 Å². The molecule has 0 saturated carbocycles. The molecule has 3 aromatic heterocycles. The van der Waals surface area contributed by atoms with Gasteiger partial charge in [-0.05, 0) is 12.1 Å². The summed E-state index contributed by atoms with van der Waals surface area (Å²) in [7, 11) is 1.99. The lowest BCUT2D eigenvalue weighted by molar-refractivity contribution is 0.989. The van der Waals surface area contributed by atoms with Crippen LogP contribution in [0.1, 0.15) is 0 Å². The Bertz CT molecular complexity index is 942. The second kappa shape index (κ2) is 3.65. The van der Waals surface area contributed by atoms with Crippen molar-refractivity contribution in [1.29, 1.82) is 0 Å². The van der Waals surface area contributed by atoms with Crippen LogP contribution in [0.25, 0.3) is 33.2 Å². The molecule has 0 fully saturated rings. The Hall–Kier alpha value is -2.20. The maximum absolute atomic E-state index is 5.96. The number of nitrogens with zero attached hydrogens (tertiary/aromatic N) is 4. The standard InChI is InChI=1S/C14H9ClN4/c1-19-11-5-3-2-4-9(11)12-14(19)18-13-10(17-12)6-8(15)7-16-13/h2-7H,1H3. The van der Waals surface area contributed by atoms with Crippen LogP contribution in [0.15, 0.2) is 36.5 Å². The Labute approximate surface area is 113 Å². The molecule has 0 aliphatic rings. The third-order valence-corrected chi connectivity index (χ3v) is 3.51. The van der Waals surface area contributed by atoms with E-state index in [2.05, 4.69) is 27.1 Å². The van der Waals surface area contributed by atoms with Crippen LogP contribution in [-0.4, -0.2) is 19.5 Å². The Morgan fingerprint density at radius 3 is 2.89 bits per heavy atom. The van der Waals surface area contributed by atoms with Gasteiger partial charge in [-0.3, -0.25) is 0 Å². The lowest BCUT2D eigenvalue weighted by Crippen LogP contribution is -1.93. The molecular formula is C14H9ClN4. The summed E-state index contributed by atoms with van der Waals surface area (Å²) in [6.07, 6.45) is 1.59. The number of para-hydroxylation sites is 1. The van der Waals surface area contributed by atoms with Gasteiger partial charge in [-0.25, -0.2) is 15.0 Å². The highest BCUT2D eigenvalue weighted by Gasteiger charge is 2.12. The summed E-state index contributed by atoms with van der Waals surface area (Å²) in [5.74, 6) is 0. The van der Waals surface area contributed by atoms with Crippen LogP contribution in [0.3, 0.4) is 0 Å². The number of halogens is 1. The topological polar surface area (TPSA) is 43.6 Å². The molecule has 1 aromatic carbocycles. The molecule has 4 aromatic rings. The molecule has 92 valence electrons. The molecule has 0 saturated heterocycles. The maximum atomic E-state index is 5.96. The van der Waals surface area contributed by atoms with Gasteiger partial charge in [0.2, 0.25) is 0 Å². The van der Waals surface area contributed by atoms with Crippen LogP contribution in [0.2, 0.25) is 5.02 Å². The SMILES string of the molecule is Cn1c2ccccc2c2nc3cc(Cl)cnc3nc21. The van der Waals surface area contributed by atoms with Crippen LogP contribution in [0, 0.1) is 0 Å². The Morgan fingerprint density at radius 2 is 2.00 bits per heavy atom. The summed E-state index contributed by atoms with van der Waals surface area (Å²) >= 11 is 5.96. The zero-order valence-corrected chi connectivity index (χ0v) is 10.9. The average molecular weight is 269 g/mol. The summed E-state index contributed by atoms with van der Waals surface area (Å²) in [5, 5.41) is 1.66. The van der Waals surface area contributed by atoms with Crippen molar-refractivity contribution in [2.45, 2.75) is 0 Å². The van der Waals surface area contributed by atoms with E-state index in [1.807, 2.05) is 23.7 Å². The van der Waals surface area contributed by atoms with Gasteiger partial charge in [0, 0.05) is 18.6 Å². The zero-order chi connectivity index (χ0) is 13.0. The fourth-order valence-electron chi connectivity index (χ4n) is 2.41. The maximum Gasteiger partial charge on any atom is 0.180 e. The molecule has 19 heavy (non-hydrogen) atoms. The molecule has 0 aliphatic carbocycles. The Morgan fingerprint density at radius 1 is 1.16 bits per heavy atom. The summed E-state index contributed by atoms with van der Waals surface area (Å²) in [6, 6.07) is 9.91. The number of aryl methyl sites for hydroxylation is 1. The largest absolute Gasteiger partial charge is 0.327 e. The van der Waals surface area contributed by atoms with Gasteiger partial charge in [0.25, 0.3) is 0 Å². The molecule has 5 heteroatoms. The number of hydrogen-bond acceptors (Lipinski definition) is 3. The van der Waals surface area contributed by atoms with E-state index < -0.39 is 0 Å². The van der Waals surface area contributed by atoms with E-state index in [1.165, 1.54) is 0 Å². The first kappa shape index (κ1) is 10.7. The minimum atomic E-state index is 0.571. The molecule has 4 rings (SSSR count). The van der Waals surface area contributed by atoms with E-state index in [4.69, 9.17) is 11.6 Å². The molecule has 0 bridgehead atoms. The summed E-state index contributed by atoms with van der Waals surface area (Å²) < 4.78 is 2.04. The Kier molecular flexibility index (Phi) is 2.05. The van der Waals surface area contributed by atoms with Crippen molar-refractivity contribution in [3.05, 3.63) is 41.6 Å².